The van der Waals surface area contributed by atoms with E-state index in [1.807, 2.05) is 0 Å². The van der Waals surface area contributed by atoms with Gasteiger partial charge in [-0.05, 0) is 19.1 Å². The highest BCUT2D eigenvalue weighted by Crippen LogP contribution is 2.30. The first-order valence-corrected chi connectivity index (χ1v) is 5.55. The Hall–Kier alpha value is -2.35. The van der Waals surface area contributed by atoms with Crippen molar-refractivity contribution in [3.05, 3.63) is 33.3 Å². The summed E-state index contributed by atoms with van der Waals surface area (Å²) in [4.78, 5) is 21.6. The predicted octanol–water partition coefficient (Wildman–Crippen LogP) is 2.21. The second-order valence-corrected chi connectivity index (χ2v) is 4.17. The van der Waals surface area contributed by atoms with Crippen molar-refractivity contribution in [2.45, 2.75) is 13.0 Å². The van der Waals surface area contributed by atoms with Gasteiger partial charge in [0.05, 0.1) is 10.6 Å². The quantitative estimate of drug-likeness (QED) is 0.521. The smallest absolute Gasteiger partial charge is 0.270 e. The summed E-state index contributed by atoms with van der Waals surface area (Å²) in [6.45, 7) is 1.61. The average Bonchev–Trinajstić information content (AvgIpc) is 2.68. The summed E-state index contributed by atoms with van der Waals surface area (Å²) in [6, 6.07) is 3.14. The molecule has 0 saturated heterocycles. The summed E-state index contributed by atoms with van der Waals surface area (Å²) in [6.07, 6.45) is 0. The molecule has 2 rings (SSSR count). The minimum atomic E-state index is -0.852. The lowest BCUT2D eigenvalue weighted by Crippen LogP contribution is -2.25. The van der Waals surface area contributed by atoms with Gasteiger partial charge in [0.2, 0.25) is 0 Å². The highest BCUT2D eigenvalue weighted by Gasteiger charge is 2.27. The van der Waals surface area contributed by atoms with Crippen LogP contribution in [0.1, 0.15) is 6.92 Å². The fourth-order valence-corrected chi connectivity index (χ4v) is 1.60. The Morgan fingerprint density at radius 1 is 1.53 bits per heavy atom. The van der Waals surface area contributed by atoms with Gasteiger partial charge in [0.25, 0.3) is 11.6 Å². The van der Waals surface area contributed by atoms with E-state index >= 15 is 0 Å². The third-order valence-electron chi connectivity index (χ3n) is 2.40. The number of nitrogens with zero attached hydrogens (tertiary/aromatic N) is 4. The zero-order chi connectivity index (χ0) is 14.0. The van der Waals surface area contributed by atoms with Crippen LogP contribution in [-0.2, 0) is 4.79 Å². The summed E-state index contributed by atoms with van der Waals surface area (Å²) in [5.41, 5.74) is 2.45. The van der Waals surface area contributed by atoms with E-state index in [2.05, 4.69) is 20.8 Å². The zero-order valence-electron chi connectivity index (χ0n) is 9.70. The number of benzene rings is 1. The van der Waals surface area contributed by atoms with Crippen LogP contribution in [-0.4, -0.2) is 22.6 Å². The van der Waals surface area contributed by atoms with Crippen LogP contribution in [0, 0.1) is 10.1 Å². The van der Waals surface area contributed by atoms with Crippen LogP contribution in [0.4, 0.5) is 11.4 Å². The lowest BCUT2D eigenvalue weighted by Gasteiger charge is -2.00. The van der Waals surface area contributed by atoms with Crippen molar-refractivity contribution in [3.63, 3.8) is 0 Å². The van der Waals surface area contributed by atoms with E-state index in [0.717, 1.165) is 0 Å². The molecule has 1 aromatic carbocycles. The van der Waals surface area contributed by atoms with E-state index in [4.69, 9.17) is 11.6 Å². The third-order valence-corrected chi connectivity index (χ3v) is 2.64. The number of amides is 1. The predicted molar refractivity (Wildman–Crippen MR) is 67.7 cm³/mol. The number of rotatable bonds is 3. The van der Waals surface area contributed by atoms with Gasteiger partial charge in [-0.3, -0.25) is 14.9 Å². The van der Waals surface area contributed by atoms with Crippen molar-refractivity contribution in [1.82, 2.24) is 5.43 Å². The molecule has 1 aliphatic rings. The van der Waals surface area contributed by atoms with Crippen LogP contribution in [0.3, 0.4) is 0 Å². The Labute approximate surface area is 112 Å². The van der Waals surface area contributed by atoms with Crippen LogP contribution in [0.15, 0.2) is 33.5 Å². The number of hydrogen-bond donors (Lipinski definition) is 1. The van der Waals surface area contributed by atoms with Crippen molar-refractivity contribution in [1.29, 1.82) is 0 Å². The van der Waals surface area contributed by atoms with Gasteiger partial charge in [0, 0.05) is 11.1 Å². The average molecular weight is 282 g/mol. The molecule has 9 heteroatoms. The van der Waals surface area contributed by atoms with Gasteiger partial charge in [-0.1, -0.05) is 11.6 Å². The Bertz CT molecular complexity index is 613. The first kappa shape index (κ1) is 13.1. The first-order chi connectivity index (χ1) is 8.99. The lowest BCUT2D eigenvalue weighted by molar-refractivity contribution is -0.384. The molecule has 98 valence electrons. The number of azo groups is 1. The summed E-state index contributed by atoms with van der Waals surface area (Å²) < 4.78 is 0. The standard InChI is InChI=1S/C10H8ClN5O3/c1-5-9(10(17)15-12-5)14-13-7-3-2-6(11)4-8(7)16(18)19/h2-4,9H,1H3,(H,15,17). The van der Waals surface area contributed by atoms with Gasteiger partial charge in [-0.25, -0.2) is 5.43 Å². The Morgan fingerprint density at radius 3 is 2.84 bits per heavy atom. The molecule has 0 aliphatic carbocycles. The van der Waals surface area contributed by atoms with Crippen molar-refractivity contribution < 1.29 is 9.72 Å². The molecule has 1 aliphatic heterocycles. The molecular formula is C10H8ClN5O3. The maximum absolute atomic E-state index is 11.3. The summed E-state index contributed by atoms with van der Waals surface area (Å²) in [7, 11) is 0. The van der Waals surface area contributed by atoms with Crippen LogP contribution in [0.5, 0.6) is 0 Å². The van der Waals surface area contributed by atoms with Gasteiger partial charge in [0.15, 0.2) is 11.7 Å². The Morgan fingerprint density at radius 2 is 2.26 bits per heavy atom. The second kappa shape index (κ2) is 5.11. The highest BCUT2D eigenvalue weighted by atomic mass is 35.5. The van der Waals surface area contributed by atoms with Crippen LogP contribution in [0.2, 0.25) is 5.02 Å². The normalized spacial score (nSPS) is 18.5. The van der Waals surface area contributed by atoms with Gasteiger partial charge in [-0.2, -0.15) is 10.2 Å². The van der Waals surface area contributed by atoms with E-state index in [1.54, 1.807) is 6.92 Å². The molecule has 8 nitrogen and oxygen atoms in total. The van der Waals surface area contributed by atoms with Gasteiger partial charge in [0.1, 0.15) is 0 Å². The van der Waals surface area contributed by atoms with Crippen LogP contribution < -0.4 is 5.43 Å². The molecule has 1 aromatic rings. The van der Waals surface area contributed by atoms with Crippen molar-refractivity contribution in [3.8, 4) is 0 Å². The number of hydrazone groups is 1. The molecule has 1 amide bonds. The largest absolute Gasteiger partial charge is 0.298 e. The first-order valence-electron chi connectivity index (χ1n) is 5.18. The fourth-order valence-electron chi connectivity index (χ4n) is 1.44. The highest BCUT2D eigenvalue weighted by molar-refractivity contribution is 6.30. The van der Waals surface area contributed by atoms with Crippen LogP contribution >= 0.6 is 11.6 Å². The fraction of sp³-hybridized carbons (Fsp3) is 0.200. The number of hydrogen-bond acceptors (Lipinski definition) is 6. The molecule has 1 unspecified atom stereocenters. The molecular weight excluding hydrogens is 274 g/mol. The maximum Gasteiger partial charge on any atom is 0.298 e. The molecule has 0 saturated carbocycles. The van der Waals surface area contributed by atoms with Crippen molar-refractivity contribution in [2.75, 3.05) is 0 Å². The Kier molecular flexibility index (Phi) is 3.52. The van der Waals surface area contributed by atoms with E-state index in [1.165, 1.54) is 18.2 Å². The lowest BCUT2D eigenvalue weighted by atomic mass is 10.2. The number of nitrogens with one attached hydrogen (secondary N) is 1. The van der Waals surface area contributed by atoms with Gasteiger partial charge >= 0.3 is 0 Å². The number of carbonyl (C=O) groups is 1. The van der Waals surface area contributed by atoms with E-state index in [9.17, 15) is 14.9 Å². The molecule has 0 radical (unpaired) electrons. The van der Waals surface area contributed by atoms with E-state index in [0.29, 0.717) is 5.71 Å². The van der Waals surface area contributed by atoms with E-state index < -0.39 is 16.9 Å². The SMILES string of the molecule is CC1=NNC(=O)C1N=Nc1ccc(Cl)cc1[N+](=O)[O-]. The van der Waals surface area contributed by atoms with Crippen molar-refractivity contribution in [2.24, 2.45) is 15.3 Å². The third kappa shape index (κ3) is 2.74. The Balaban J connectivity index is 2.31. The number of halogens is 1. The van der Waals surface area contributed by atoms with Gasteiger partial charge < -0.3 is 0 Å². The summed E-state index contributed by atoms with van der Waals surface area (Å²) in [5, 5.41) is 22.3. The van der Waals surface area contributed by atoms with E-state index in [-0.39, 0.29) is 16.4 Å². The molecule has 1 heterocycles. The molecule has 0 bridgehead atoms. The van der Waals surface area contributed by atoms with Gasteiger partial charge in [-0.15, -0.1) is 5.11 Å². The van der Waals surface area contributed by atoms with Crippen LogP contribution in [0.25, 0.3) is 0 Å². The topological polar surface area (TPSA) is 109 Å². The molecule has 0 aromatic heterocycles. The summed E-state index contributed by atoms with van der Waals surface area (Å²) >= 11 is 5.67. The zero-order valence-corrected chi connectivity index (χ0v) is 10.5. The molecule has 19 heavy (non-hydrogen) atoms. The molecule has 1 atom stereocenters. The molecule has 0 spiro atoms. The summed E-state index contributed by atoms with van der Waals surface area (Å²) in [5.74, 6) is -0.419. The number of nitro benzene ring substituents is 1. The number of carbonyl (C=O) groups excluding carboxylic acids is 1. The monoisotopic (exact) mass is 281 g/mol. The second-order valence-electron chi connectivity index (χ2n) is 3.74. The molecule has 1 N–H and O–H groups in total. The molecule has 0 fully saturated rings. The minimum absolute atomic E-state index is 0.0295. The number of nitro groups is 1. The maximum atomic E-state index is 11.3. The minimum Gasteiger partial charge on any atom is -0.270 e. The van der Waals surface area contributed by atoms with Crippen molar-refractivity contribution >= 4 is 34.6 Å².